The molecule has 0 bridgehead atoms. The van der Waals surface area contributed by atoms with E-state index >= 15 is 0 Å². The normalized spacial score (nSPS) is 17.7. The van der Waals surface area contributed by atoms with Crippen molar-refractivity contribution in [3.8, 4) is 0 Å². The maximum atomic E-state index is 13.7. The summed E-state index contributed by atoms with van der Waals surface area (Å²) in [6.07, 6.45) is 20.0. The Morgan fingerprint density at radius 3 is 1.90 bits per heavy atom. The number of piperidine rings is 2. The number of halogens is 1. The summed E-state index contributed by atoms with van der Waals surface area (Å²) in [6, 6.07) is 5.74. The first kappa shape index (κ1) is 34.4. The number of amides is 2. The van der Waals surface area contributed by atoms with Crippen molar-refractivity contribution in [2.75, 3.05) is 32.7 Å². The smallest absolute Gasteiger partial charge is 0.247 e. The van der Waals surface area contributed by atoms with Crippen molar-refractivity contribution in [2.24, 2.45) is 0 Å². The number of carbonyl (C=O) groups is 3. The van der Waals surface area contributed by atoms with Gasteiger partial charge < -0.3 is 4.90 Å². The number of nitrogens with one attached hydrogen (secondary N) is 1. The Labute approximate surface area is 254 Å². The van der Waals surface area contributed by atoms with Gasteiger partial charge in [0.1, 0.15) is 11.4 Å². The van der Waals surface area contributed by atoms with E-state index in [0.717, 1.165) is 64.8 Å². The van der Waals surface area contributed by atoms with Crippen LogP contribution in [0, 0.1) is 5.82 Å². The summed E-state index contributed by atoms with van der Waals surface area (Å²) >= 11 is 0. The van der Waals surface area contributed by atoms with Gasteiger partial charge in [-0.25, -0.2) is 4.39 Å². The number of carbonyl (C=O) groups excluding carboxylic acids is 3. The highest BCUT2D eigenvalue weighted by atomic mass is 19.1. The molecule has 1 aromatic rings. The zero-order chi connectivity index (χ0) is 30.0. The zero-order valence-corrected chi connectivity index (χ0v) is 26.3. The molecule has 2 amide bonds. The van der Waals surface area contributed by atoms with Crippen molar-refractivity contribution in [3.05, 3.63) is 35.6 Å². The number of rotatable bonds is 19. The van der Waals surface area contributed by atoms with Gasteiger partial charge in [-0.1, -0.05) is 77.6 Å². The first-order chi connectivity index (χ1) is 20.4. The van der Waals surface area contributed by atoms with Gasteiger partial charge in [0.05, 0.1) is 0 Å². The monoisotopic (exact) mass is 585 g/mol. The van der Waals surface area contributed by atoms with Crippen LogP contribution in [0.4, 0.5) is 4.39 Å². The molecule has 236 valence electrons. The fourth-order valence-electron chi connectivity index (χ4n) is 6.65. The molecule has 0 atom stereocenters. The lowest BCUT2D eigenvalue weighted by Crippen LogP contribution is -2.64. The molecule has 7 heteroatoms. The summed E-state index contributed by atoms with van der Waals surface area (Å²) in [7, 11) is 0. The molecule has 3 rings (SSSR count). The summed E-state index contributed by atoms with van der Waals surface area (Å²) in [5, 5.41) is 2.81. The number of nitrogens with zero attached hydrogens (tertiary/aromatic N) is 2. The van der Waals surface area contributed by atoms with Crippen molar-refractivity contribution in [1.82, 2.24) is 15.1 Å². The minimum Gasteiger partial charge on any atom is -0.303 e. The second-order valence-corrected chi connectivity index (χ2v) is 12.6. The van der Waals surface area contributed by atoms with Crippen molar-refractivity contribution < 1.29 is 18.8 Å². The fourth-order valence-corrected chi connectivity index (χ4v) is 6.65. The topological polar surface area (TPSA) is 69.7 Å². The minimum atomic E-state index is -0.617. The molecule has 2 fully saturated rings. The summed E-state index contributed by atoms with van der Waals surface area (Å²) in [5.74, 6) is -0.542. The van der Waals surface area contributed by atoms with Gasteiger partial charge in [-0.05, 0) is 82.4 Å². The second kappa shape index (κ2) is 19.2. The van der Waals surface area contributed by atoms with Crippen LogP contribution in [0.3, 0.4) is 0 Å². The van der Waals surface area contributed by atoms with Gasteiger partial charge in [-0.2, -0.15) is 0 Å². The molecule has 0 spiro atoms. The lowest BCUT2D eigenvalue weighted by Gasteiger charge is -2.48. The summed E-state index contributed by atoms with van der Waals surface area (Å²) in [4.78, 5) is 43.6. The Morgan fingerprint density at radius 2 is 1.31 bits per heavy atom. The van der Waals surface area contributed by atoms with Gasteiger partial charge in [0.2, 0.25) is 11.8 Å². The number of hydrogen-bond donors (Lipinski definition) is 1. The number of likely N-dealkylation sites (tertiary alicyclic amines) is 2. The summed E-state index contributed by atoms with van der Waals surface area (Å²) in [5.41, 5.74) is -0.0677. The average Bonchev–Trinajstić information content (AvgIpc) is 3.01. The molecule has 2 aliphatic rings. The zero-order valence-electron chi connectivity index (χ0n) is 26.3. The lowest BCUT2D eigenvalue weighted by molar-refractivity contribution is -0.142. The minimum absolute atomic E-state index is 0.0327. The van der Waals surface area contributed by atoms with Gasteiger partial charge >= 0.3 is 0 Å². The molecule has 42 heavy (non-hydrogen) atoms. The molecule has 0 aliphatic carbocycles. The van der Waals surface area contributed by atoms with Crippen molar-refractivity contribution in [1.29, 1.82) is 0 Å². The van der Waals surface area contributed by atoms with Crippen LogP contribution in [0.5, 0.6) is 0 Å². The molecule has 0 radical (unpaired) electrons. The van der Waals surface area contributed by atoms with Crippen molar-refractivity contribution in [2.45, 2.75) is 134 Å². The molecule has 2 heterocycles. The standard InChI is InChI=1S/C35H56FN3O3/c1-2-3-4-5-6-7-8-9-10-11-13-18-33(41)37-34(42)35(39-26-14-12-15-27-39)23-28-38(29-24-35)25-16-17-32(40)30-19-21-31(36)22-20-30/h19-22H,2-18,23-29H2,1H3,(H,37,41,42). The van der Waals surface area contributed by atoms with Crippen LogP contribution in [-0.2, 0) is 9.59 Å². The van der Waals surface area contributed by atoms with Crippen LogP contribution >= 0.6 is 0 Å². The largest absolute Gasteiger partial charge is 0.303 e. The highest BCUT2D eigenvalue weighted by molar-refractivity contribution is 6.00. The van der Waals surface area contributed by atoms with E-state index in [4.69, 9.17) is 0 Å². The van der Waals surface area contributed by atoms with Gasteiger partial charge in [0.25, 0.3) is 0 Å². The van der Waals surface area contributed by atoms with E-state index in [-0.39, 0.29) is 23.4 Å². The Morgan fingerprint density at radius 1 is 0.738 bits per heavy atom. The Kier molecular flexibility index (Phi) is 15.7. The van der Waals surface area contributed by atoms with E-state index in [1.807, 2.05) is 0 Å². The van der Waals surface area contributed by atoms with Crippen molar-refractivity contribution >= 4 is 17.6 Å². The maximum absolute atomic E-state index is 13.7. The number of hydrogen-bond acceptors (Lipinski definition) is 5. The van der Waals surface area contributed by atoms with Gasteiger partial charge in [-0.15, -0.1) is 0 Å². The van der Waals surface area contributed by atoms with Gasteiger partial charge in [-0.3, -0.25) is 24.6 Å². The lowest BCUT2D eigenvalue weighted by atomic mass is 9.83. The number of unbranched alkanes of at least 4 members (excludes halogenated alkanes) is 10. The molecule has 1 aromatic carbocycles. The van der Waals surface area contributed by atoms with Crippen molar-refractivity contribution in [3.63, 3.8) is 0 Å². The first-order valence-electron chi connectivity index (χ1n) is 17.0. The Balaban J connectivity index is 1.37. The molecule has 2 saturated heterocycles. The highest BCUT2D eigenvalue weighted by Crippen LogP contribution is 2.32. The van der Waals surface area contributed by atoms with Gasteiger partial charge in [0, 0.05) is 31.5 Å². The third-order valence-electron chi connectivity index (χ3n) is 9.37. The molecule has 2 aliphatic heterocycles. The molecule has 0 aromatic heterocycles. The van der Waals surface area contributed by atoms with Crippen LogP contribution in [0.1, 0.15) is 139 Å². The summed E-state index contributed by atoms with van der Waals surface area (Å²) < 4.78 is 13.2. The molecule has 6 nitrogen and oxygen atoms in total. The molecule has 0 saturated carbocycles. The van der Waals surface area contributed by atoms with Crippen LogP contribution in [0.2, 0.25) is 0 Å². The van der Waals surface area contributed by atoms with E-state index in [1.165, 1.54) is 76.3 Å². The van der Waals surface area contributed by atoms with Crippen LogP contribution in [-0.4, -0.2) is 65.7 Å². The number of benzene rings is 1. The fraction of sp³-hybridized carbons (Fsp3) is 0.743. The number of imide groups is 1. The second-order valence-electron chi connectivity index (χ2n) is 12.6. The average molecular weight is 586 g/mol. The first-order valence-corrected chi connectivity index (χ1v) is 17.0. The molecule has 1 N–H and O–H groups in total. The molecular weight excluding hydrogens is 529 g/mol. The van der Waals surface area contributed by atoms with Crippen LogP contribution in [0.25, 0.3) is 0 Å². The van der Waals surface area contributed by atoms with E-state index < -0.39 is 5.54 Å². The van der Waals surface area contributed by atoms with E-state index in [9.17, 15) is 18.8 Å². The third kappa shape index (κ3) is 11.5. The van der Waals surface area contributed by atoms with Gasteiger partial charge in [0.15, 0.2) is 5.78 Å². The Hall–Kier alpha value is -2.12. The maximum Gasteiger partial charge on any atom is 0.247 e. The molecular formula is C35H56FN3O3. The quantitative estimate of drug-likeness (QED) is 0.135. The predicted molar refractivity (Wildman–Crippen MR) is 168 cm³/mol. The molecule has 0 unspecified atom stereocenters. The predicted octanol–water partition coefficient (Wildman–Crippen LogP) is 7.45. The Bertz CT molecular complexity index is 937. The van der Waals surface area contributed by atoms with E-state index in [1.54, 1.807) is 12.1 Å². The SMILES string of the molecule is CCCCCCCCCCCCCC(=O)NC(=O)C1(N2CCCCC2)CCN(CCCC(=O)c2ccc(F)cc2)CC1. The number of Topliss-reactive ketones (excluding diaryl/α,β-unsaturated/α-hetero) is 1. The van der Waals surface area contributed by atoms with E-state index in [2.05, 4.69) is 22.0 Å². The third-order valence-corrected chi connectivity index (χ3v) is 9.37. The highest BCUT2D eigenvalue weighted by Gasteiger charge is 2.46. The van der Waals surface area contributed by atoms with Crippen LogP contribution in [0.15, 0.2) is 24.3 Å². The van der Waals surface area contributed by atoms with E-state index in [0.29, 0.717) is 31.2 Å². The van der Waals surface area contributed by atoms with Crippen LogP contribution < -0.4 is 5.32 Å². The number of ketones is 1. The summed E-state index contributed by atoms with van der Waals surface area (Å²) in [6.45, 7) is 6.42.